The van der Waals surface area contributed by atoms with E-state index in [-0.39, 0.29) is 17.8 Å². The van der Waals surface area contributed by atoms with Crippen LogP contribution in [-0.4, -0.2) is 26.7 Å². The van der Waals surface area contributed by atoms with Crippen molar-refractivity contribution in [1.82, 2.24) is 10.4 Å². The van der Waals surface area contributed by atoms with E-state index >= 15 is 0 Å². The Morgan fingerprint density at radius 1 is 0.943 bits per heavy atom. The van der Waals surface area contributed by atoms with Gasteiger partial charge < -0.3 is 9.90 Å². The summed E-state index contributed by atoms with van der Waals surface area (Å²) >= 11 is 0. The average molecular weight is 477 g/mol. The molecule has 1 N–H and O–H groups in total. The number of nitro groups is 2. The fourth-order valence-electron chi connectivity index (χ4n) is 4.39. The normalized spacial score (nSPS) is 18.2. The third kappa shape index (κ3) is 5.03. The summed E-state index contributed by atoms with van der Waals surface area (Å²) in [5, 5.41) is 34.3. The number of hydrogen-bond acceptors (Lipinski definition) is 8. The highest BCUT2D eigenvalue weighted by molar-refractivity contribution is 5.82. The van der Waals surface area contributed by atoms with Crippen LogP contribution in [0.25, 0.3) is 6.08 Å². The summed E-state index contributed by atoms with van der Waals surface area (Å²) in [6.45, 7) is 0. The van der Waals surface area contributed by atoms with Crippen LogP contribution in [0.1, 0.15) is 49.3 Å². The number of nitrogens with one attached hydrogen (secondary N) is 1. The molecule has 4 rings (SSSR count). The third-order valence-electron chi connectivity index (χ3n) is 6.03. The summed E-state index contributed by atoms with van der Waals surface area (Å²) in [5.74, 6) is -1.78. The molecule has 1 atom stereocenters. The Labute approximate surface area is 199 Å². The monoisotopic (exact) mass is 477 g/mol. The van der Waals surface area contributed by atoms with Gasteiger partial charge in [-0.3, -0.25) is 30.4 Å². The number of benzene rings is 2. The van der Waals surface area contributed by atoms with Crippen LogP contribution >= 0.6 is 0 Å². The molecule has 11 heteroatoms. The molecule has 2 aromatic carbocycles. The number of aliphatic carboxylic acids is 1. The molecule has 2 aromatic rings. The lowest BCUT2D eigenvalue weighted by Gasteiger charge is -2.27. The minimum atomic E-state index is -1.33. The maximum Gasteiger partial charge on any atom is 0.269 e. The first kappa shape index (κ1) is 23.6. The maximum atomic E-state index is 13.0. The van der Waals surface area contributed by atoms with Crippen LogP contribution in [0, 0.1) is 20.2 Å². The first-order valence-corrected chi connectivity index (χ1v) is 11.0. The van der Waals surface area contributed by atoms with Crippen molar-refractivity contribution in [2.75, 3.05) is 0 Å². The lowest BCUT2D eigenvalue weighted by Crippen LogP contribution is -2.40. The zero-order valence-corrected chi connectivity index (χ0v) is 18.5. The molecule has 0 bridgehead atoms. The number of amides is 1. The lowest BCUT2D eigenvalue weighted by atomic mass is 9.85. The molecule has 35 heavy (non-hydrogen) atoms. The lowest BCUT2D eigenvalue weighted by molar-refractivity contribution is -0.385. The van der Waals surface area contributed by atoms with Gasteiger partial charge in [0.15, 0.2) is 0 Å². The molecule has 11 nitrogen and oxygen atoms in total. The Morgan fingerprint density at radius 3 is 2.11 bits per heavy atom. The van der Waals surface area contributed by atoms with E-state index in [2.05, 4.69) is 5.43 Å². The summed E-state index contributed by atoms with van der Waals surface area (Å²) in [7, 11) is 0. The predicted molar refractivity (Wildman–Crippen MR) is 122 cm³/mol. The van der Waals surface area contributed by atoms with Gasteiger partial charge in [0.25, 0.3) is 11.4 Å². The first-order valence-electron chi connectivity index (χ1n) is 11.0. The summed E-state index contributed by atoms with van der Waals surface area (Å²) < 4.78 is 0. The Balaban J connectivity index is 1.71. The van der Waals surface area contributed by atoms with Crippen molar-refractivity contribution in [2.45, 2.75) is 38.1 Å². The number of carboxylic acid groups (broad SMARTS) is 1. The molecule has 0 saturated heterocycles. The first-order chi connectivity index (χ1) is 16.7. The van der Waals surface area contributed by atoms with Crippen molar-refractivity contribution >= 4 is 29.3 Å². The second kappa shape index (κ2) is 9.75. The molecular formula is C24H21N4O7-. The summed E-state index contributed by atoms with van der Waals surface area (Å²) in [4.78, 5) is 44.9. The fraction of sp³-hybridized carbons (Fsp3) is 0.250. The molecule has 180 valence electrons. The van der Waals surface area contributed by atoms with Crippen LogP contribution in [0.5, 0.6) is 0 Å². The molecular weight excluding hydrogens is 456 g/mol. The Kier molecular flexibility index (Phi) is 6.58. The number of carboxylic acids is 1. The summed E-state index contributed by atoms with van der Waals surface area (Å²) in [6.07, 6.45) is 3.38. The fourth-order valence-corrected chi connectivity index (χ4v) is 4.39. The number of non-ortho nitro benzene ring substituents is 2. The van der Waals surface area contributed by atoms with Crippen LogP contribution in [0.15, 0.2) is 65.4 Å². The van der Waals surface area contributed by atoms with Gasteiger partial charge >= 0.3 is 0 Å². The van der Waals surface area contributed by atoms with Gasteiger partial charge in [-0.25, -0.2) is 5.01 Å². The van der Waals surface area contributed by atoms with Crippen molar-refractivity contribution in [3.05, 3.63) is 96.7 Å². The van der Waals surface area contributed by atoms with Gasteiger partial charge in [-0.05, 0) is 78.3 Å². The van der Waals surface area contributed by atoms with Crippen molar-refractivity contribution < 1.29 is 24.5 Å². The van der Waals surface area contributed by atoms with E-state index in [1.165, 1.54) is 29.3 Å². The number of rotatable bonds is 7. The smallest absolute Gasteiger partial charge is 0.269 e. The molecule has 0 radical (unpaired) electrons. The minimum Gasteiger partial charge on any atom is -0.550 e. The van der Waals surface area contributed by atoms with E-state index in [0.29, 0.717) is 18.4 Å². The van der Waals surface area contributed by atoms with Gasteiger partial charge in [-0.15, -0.1) is 0 Å². The Bertz CT molecular complexity index is 1250. The van der Waals surface area contributed by atoms with Gasteiger partial charge in [0, 0.05) is 36.7 Å². The van der Waals surface area contributed by atoms with E-state index in [4.69, 9.17) is 0 Å². The molecule has 1 amide bonds. The van der Waals surface area contributed by atoms with Crippen molar-refractivity contribution in [1.29, 1.82) is 0 Å². The third-order valence-corrected chi connectivity index (χ3v) is 6.03. The van der Waals surface area contributed by atoms with Gasteiger partial charge in [0.2, 0.25) is 5.91 Å². The van der Waals surface area contributed by atoms with Crippen molar-refractivity contribution in [3.8, 4) is 0 Å². The molecule has 0 fully saturated rings. The number of allylic oxidation sites excluding steroid dienone is 1. The molecule has 1 heterocycles. The average Bonchev–Trinajstić information content (AvgIpc) is 3.23. The van der Waals surface area contributed by atoms with E-state index < -0.39 is 34.2 Å². The van der Waals surface area contributed by atoms with Gasteiger partial charge in [-0.2, -0.15) is 0 Å². The van der Waals surface area contributed by atoms with Crippen molar-refractivity contribution in [2.24, 2.45) is 0 Å². The summed E-state index contributed by atoms with van der Waals surface area (Å²) in [5.41, 5.74) is 7.02. The predicted octanol–water partition coefficient (Wildman–Crippen LogP) is 2.94. The SMILES string of the molecule is O=C([O-])CCC(=O)N1NC2=C(CCC/C2=C\c2ccc([N+](=O)[O-])cc2)[C@H]1c1ccc([N+](=O)[O-])cc1. The highest BCUT2D eigenvalue weighted by Crippen LogP contribution is 2.44. The minimum absolute atomic E-state index is 0.0161. The second-order valence-corrected chi connectivity index (χ2v) is 8.27. The molecule has 1 aliphatic heterocycles. The standard InChI is InChI=1S/C24H22N4O7/c29-21(12-13-22(30)31)26-24(16-6-10-19(11-7-16)28(34)35)20-3-1-2-17(23(20)25-26)14-15-4-8-18(9-5-15)27(32)33/h4-11,14,24-25H,1-3,12-13H2,(H,30,31)/p-1/b17-14+/t24-/m1/s1. The van der Waals surface area contributed by atoms with Crippen LogP contribution in [-0.2, 0) is 9.59 Å². The zero-order chi connectivity index (χ0) is 25.1. The number of hydrogen-bond donors (Lipinski definition) is 1. The van der Waals surface area contributed by atoms with Gasteiger partial charge in [-0.1, -0.05) is 0 Å². The second-order valence-electron chi connectivity index (χ2n) is 8.27. The maximum absolute atomic E-state index is 13.0. The molecule has 0 unspecified atom stereocenters. The number of nitrogens with zero attached hydrogens (tertiary/aromatic N) is 3. The summed E-state index contributed by atoms with van der Waals surface area (Å²) in [6, 6.07) is 11.5. The largest absolute Gasteiger partial charge is 0.550 e. The highest BCUT2D eigenvalue weighted by Gasteiger charge is 2.39. The molecule has 1 aliphatic carbocycles. The van der Waals surface area contributed by atoms with Crippen LogP contribution in [0.4, 0.5) is 11.4 Å². The number of hydrazine groups is 1. The highest BCUT2D eigenvalue weighted by atomic mass is 16.6. The zero-order valence-electron chi connectivity index (χ0n) is 18.5. The van der Waals surface area contributed by atoms with E-state index in [1.807, 2.05) is 6.08 Å². The topological polar surface area (TPSA) is 159 Å². The number of nitro benzene ring substituents is 2. The van der Waals surface area contributed by atoms with E-state index in [1.54, 1.807) is 24.3 Å². The quantitative estimate of drug-likeness (QED) is 0.471. The van der Waals surface area contributed by atoms with Crippen molar-refractivity contribution in [3.63, 3.8) is 0 Å². The van der Waals surface area contributed by atoms with Gasteiger partial charge in [0.05, 0.1) is 15.5 Å². The van der Waals surface area contributed by atoms with Crippen LogP contribution in [0.2, 0.25) is 0 Å². The number of carbonyl (C=O) groups excluding carboxylic acids is 2. The molecule has 0 saturated carbocycles. The number of carbonyl (C=O) groups is 2. The van der Waals surface area contributed by atoms with E-state index in [9.17, 15) is 34.9 Å². The van der Waals surface area contributed by atoms with Gasteiger partial charge in [0.1, 0.15) is 6.04 Å². The molecule has 0 aromatic heterocycles. The Morgan fingerprint density at radius 2 is 1.54 bits per heavy atom. The Hall–Kier alpha value is -4.54. The molecule has 0 spiro atoms. The van der Waals surface area contributed by atoms with E-state index in [0.717, 1.165) is 28.8 Å². The van der Waals surface area contributed by atoms with Crippen LogP contribution in [0.3, 0.4) is 0 Å². The molecule has 2 aliphatic rings. The van der Waals surface area contributed by atoms with Crippen LogP contribution < -0.4 is 10.5 Å².